The lowest BCUT2D eigenvalue weighted by Crippen LogP contribution is -2.28. The van der Waals surface area contributed by atoms with Gasteiger partial charge in [0, 0.05) is 29.7 Å². The summed E-state index contributed by atoms with van der Waals surface area (Å²) in [6, 6.07) is 3.16. The number of hydrogen-bond acceptors (Lipinski definition) is 5. The van der Waals surface area contributed by atoms with Crippen molar-refractivity contribution in [2.75, 3.05) is 20.7 Å². The predicted molar refractivity (Wildman–Crippen MR) is 94.2 cm³/mol. The van der Waals surface area contributed by atoms with Crippen LogP contribution in [0.5, 0.6) is 5.75 Å². The molecule has 23 heavy (non-hydrogen) atoms. The predicted octanol–water partition coefficient (Wildman–Crippen LogP) is 3.74. The van der Waals surface area contributed by atoms with E-state index in [9.17, 15) is 9.90 Å². The van der Waals surface area contributed by atoms with Gasteiger partial charge in [-0.1, -0.05) is 23.8 Å². The number of carbonyl (C=O) groups excluding carboxylic acids is 1. The van der Waals surface area contributed by atoms with E-state index in [0.29, 0.717) is 16.0 Å². The third-order valence-corrected chi connectivity index (χ3v) is 4.34. The molecule has 0 amide bonds. The van der Waals surface area contributed by atoms with Gasteiger partial charge in [-0.2, -0.15) is 0 Å². The quantitative estimate of drug-likeness (QED) is 0.473. The molecule has 1 aromatic rings. The number of rotatable bonds is 6. The lowest BCUT2D eigenvalue weighted by Gasteiger charge is -2.29. The largest absolute Gasteiger partial charge is 0.507 e. The van der Waals surface area contributed by atoms with Crippen molar-refractivity contribution in [2.45, 2.75) is 30.9 Å². The molecular formula is C18H23NO3S. The van der Waals surface area contributed by atoms with E-state index in [-0.39, 0.29) is 11.5 Å². The smallest absolute Gasteiger partial charge is 0.160 e. The Balaban J connectivity index is 2.29. The van der Waals surface area contributed by atoms with Crippen LogP contribution < -0.4 is 0 Å². The molecule has 1 aliphatic rings. The van der Waals surface area contributed by atoms with Gasteiger partial charge in [0.05, 0.1) is 0 Å². The van der Waals surface area contributed by atoms with Gasteiger partial charge in [0.25, 0.3) is 0 Å². The number of aromatic hydroxyl groups is 1. The van der Waals surface area contributed by atoms with E-state index in [0.717, 1.165) is 19.4 Å². The van der Waals surface area contributed by atoms with Crippen LogP contribution in [0, 0.1) is 0 Å². The molecule has 0 aliphatic heterocycles. The van der Waals surface area contributed by atoms with E-state index in [2.05, 4.69) is 30.9 Å². The molecule has 1 atom stereocenters. The summed E-state index contributed by atoms with van der Waals surface area (Å²) < 4.78 is 5.58. The summed E-state index contributed by atoms with van der Waals surface area (Å²) in [7, 11) is 3.53. The van der Waals surface area contributed by atoms with Gasteiger partial charge in [0.2, 0.25) is 0 Å². The lowest BCUT2D eigenvalue weighted by atomic mass is 10.0. The van der Waals surface area contributed by atoms with Gasteiger partial charge < -0.3 is 9.84 Å². The zero-order valence-electron chi connectivity index (χ0n) is 13.7. The highest BCUT2D eigenvalue weighted by molar-refractivity contribution is 7.80. The molecule has 0 saturated carbocycles. The van der Waals surface area contributed by atoms with Crippen LogP contribution >= 0.6 is 12.6 Å². The van der Waals surface area contributed by atoms with E-state index >= 15 is 0 Å². The molecule has 0 heterocycles. The molecule has 4 nitrogen and oxygen atoms in total. The molecule has 1 aromatic carbocycles. The zero-order chi connectivity index (χ0) is 17.0. The Bertz CT molecular complexity index is 652. The number of phenols is 1. The highest BCUT2D eigenvalue weighted by Crippen LogP contribution is 2.33. The van der Waals surface area contributed by atoms with Gasteiger partial charge in [-0.3, -0.25) is 9.69 Å². The Labute approximate surface area is 142 Å². The first-order valence-corrected chi connectivity index (χ1v) is 8.03. The van der Waals surface area contributed by atoms with Crippen LogP contribution in [0.15, 0.2) is 40.8 Å². The normalized spacial score (nSPS) is 15.6. The second-order valence-corrected chi connectivity index (χ2v) is 6.26. The highest BCUT2D eigenvalue weighted by Gasteiger charge is 2.23. The number of allylic oxidation sites excluding steroid dienone is 3. The average Bonchev–Trinajstić information content (AvgIpc) is 2.50. The van der Waals surface area contributed by atoms with Crippen molar-refractivity contribution in [3.05, 3.63) is 47.1 Å². The number of benzene rings is 1. The fourth-order valence-electron chi connectivity index (χ4n) is 2.81. The number of nitrogens with zero attached hydrogens (tertiary/aromatic N) is 1. The Morgan fingerprint density at radius 2 is 2.22 bits per heavy atom. The first kappa shape index (κ1) is 17.8. The number of Topliss-reactive ketones (excluding diaryl/α,β-unsaturated/α-hetero) is 1. The molecule has 0 saturated heterocycles. The maximum atomic E-state index is 11.7. The van der Waals surface area contributed by atoms with Crippen LogP contribution in [0.1, 0.15) is 41.9 Å². The Kier molecular flexibility index (Phi) is 6.04. The van der Waals surface area contributed by atoms with E-state index in [1.807, 2.05) is 11.9 Å². The van der Waals surface area contributed by atoms with Gasteiger partial charge >= 0.3 is 0 Å². The molecule has 0 fully saturated rings. The average molecular weight is 333 g/mol. The molecular weight excluding hydrogens is 310 g/mol. The fraction of sp³-hybridized carbons (Fsp3) is 0.389. The van der Waals surface area contributed by atoms with Crippen LogP contribution in [0.3, 0.4) is 0 Å². The van der Waals surface area contributed by atoms with Gasteiger partial charge in [-0.25, -0.2) is 0 Å². The van der Waals surface area contributed by atoms with Gasteiger partial charge in [-0.15, -0.1) is 12.6 Å². The summed E-state index contributed by atoms with van der Waals surface area (Å²) in [6.45, 7) is 2.22. The number of ether oxygens (including phenoxy) is 1. The minimum atomic E-state index is -0.436. The topological polar surface area (TPSA) is 49.8 Å². The minimum Gasteiger partial charge on any atom is -0.507 e. The third-order valence-electron chi connectivity index (χ3n) is 3.97. The van der Waals surface area contributed by atoms with E-state index in [1.165, 1.54) is 18.6 Å². The Morgan fingerprint density at radius 1 is 1.48 bits per heavy atom. The summed E-state index contributed by atoms with van der Waals surface area (Å²) >= 11 is 4.26. The summed E-state index contributed by atoms with van der Waals surface area (Å²) in [6.07, 6.45) is 7.96. The monoisotopic (exact) mass is 333 g/mol. The van der Waals surface area contributed by atoms with Crippen molar-refractivity contribution < 1.29 is 14.6 Å². The van der Waals surface area contributed by atoms with Crippen LogP contribution in [0.25, 0.3) is 0 Å². The summed E-state index contributed by atoms with van der Waals surface area (Å²) in [5.74, 6) is -0.00917. The van der Waals surface area contributed by atoms with Crippen molar-refractivity contribution in [1.29, 1.82) is 0 Å². The van der Waals surface area contributed by atoms with E-state index in [1.54, 1.807) is 13.2 Å². The molecule has 1 aliphatic carbocycles. The summed E-state index contributed by atoms with van der Waals surface area (Å²) in [5.41, 5.74) is 2.37. The number of methoxy groups -OCH3 is 1. The molecule has 1 unspecified atom stereocenters. The first-order valence-electron chi connectivity index (χ1n) is 7.58. The van der Waals surface area contributed by atoms with Crippen LogP contribution in [-0.4, -0.2) is 36.5 Å². The van der Waals surface area contributed by atoms with E-state index in [4.69, 9.17) is 4.74 Å². The molecule has 0 radical (unpaired) electrons. The molecule has 124 valence electrons. The Morgan fingerprint density at radius 3 is 2.78 bits per heavy atom. The second kappa shape index (κ2) is 7.81. The SMILES string of the molecule is COC(c1cc(C(C)=O)c(S)cc1O)N(C)CC1=CC=CCC1. The minimum absolute atomic E-state index is 0.0798. The molecule has 0 spiro atoms. The van der Waals surface area contributed by atoms with Gasteiger partial charge in [-0.05, 0) is 38.9 Å². The number of likely N-dealkylation sites (N-methyl/N-ethyl adjacent to an activating group) is 1. The molecule has 5 heteroatoms. The van der Waals surface area contributed by atoms with Crippen molar-refractivity contribution in [1.82, 2.24) is 4.90 Å². The Hall–Kier alpha value is -1.56. The van der Waals surface area contributed by atoms with Crippen LogP contribution in [0.2, 0.25) is 0 Å². The van der Waals surface area contributed by atoms with Crippen molar-refractivity contribution in [2.24, 2.45) is 0 Å². The van der Waals surface area contributed by atoms with Gasteiger partial charge in [0.1, 0.15) is 12.0 Å². The number of ketones is 1. The number of carbonyl (C=O) groups is 1. The van der Waals surface area contributed by atoms with Gasteiger partial charge in [0.15, 0.2) is 5.78 Å². The molecule has 2 rings (SSSR count). The van der Waals surface area contributed by atoms with Crippen molar-refractivity contribution in [3.8, 4) is 5.75 Å². The van der Waals surface area contributed by atoms with Crippen molar-refractivity contribution in [3.63, 3.8) is 0 Å². The maximum absolute atomic E-state index is 11.7. The molecule has 1 N–H and O–H groups in total. The number of phenolic OH excluding ortho intramolecular Hbond substituents is 1. The molecule has 0 bridgehead atoms. The molecule has 0 aromatic heterocycles. The zero-order valence-corrected chi connectivity index (χ0v) is 14.6. The summed E-state index contributed by atoms with van der Waals surface area (Å²) in [5, 5.41) is 10.3. The third kappa shape index (κ3) is 4.25. The fourth-order valence-corrected chi connectivity index (χ4v) is 3.15. The standard InChI is InChI=1S/C18H23NO3S/c1-12(20)14-9-15(16(21)10-17(14)23)18(22-3)19(2)11-13-7-5-4-6-8-13/h4-5,7,9-10,18,21,23H,6,8,11H2,1-3H3. The van der Waals surface area contributed by atoms with Crippen molar-refractivity contribution >= 4 is 18.4 Å². The first-order chi connectivity index (χ1) is 10.9. The maximum Gasteiger partial charge on any atom is 0.160 e. The summed E-state index contributed by atoms with van der Waals surface area (Å²) in [4.78, 5) is 14.2. The lowest BCUT2D eigenvalue weighted by molar-refractivity contribution is -0.0169. The van der Waals surface area contributed by atoms with Crippen LogP contribution in [-0.2, 0) is 4.74 Å². The highest BCUT2D eigenvalue weighted by atomic mass is 32.1. The van der Waals surface area contributed by atoms with Crippen LogP contribution in [0.4, 0.5) is 0 Å². The number of thiol groups is 1. The second-order valence-electron chi connectivity index (χ2n) is 5.78. The number of hydrogen-bond donors (Lipinski definition) is 2. The van der Waals surface area contributed by atoms with E-state index < -0.39 is 6.23 Å².